The van der Waals surface area contributed by atoms with E-state index in [-0.39, 0.29) is 21.7 Å². The molecule has 0 aliphatic rings. The monoisotopic (exact) mass is 344 g/mol. The Hall–Kier alpha value is -1.94. The summed E-state index contributed by atoms with van der Waals surface area (Å²) in [4.78, 5) is 44.6. The van der Waals surface area contributed by atoms with Crippen LogP contribution in [-0.2, 0) is 45.7 Å². The summed E-state index contributed by atoms with van der Waals surface area (Å²) in [5, 5.41) is 43.0. The van der Waals surface area contributed by atoms with Crippen LogP contribution in [-0.4, -0.2) is 35.0 Å². The van der Waals surface area contributed by atoms with Crippen LogP contribution in [0.25, 0.3) is 0 Å². The van der Waals surface area contributed by atoms with Gasteiger partial charge in [0.2, 0.25) is 0 Å². The number of rotatable bonds is 0. The number of hydrogen-bond donors (Lipinski definition) is 1. The molecule has 0 saturated heterocycles. The van der Waals surface area contributed by atoms with Crippen LogP contribution < -0.4 is 20.4 Å². The summed E-state index contributed by atoms with van der Waals surface area (Å²) >= 11 is 0. The number of carboxylic acids is 5. The number of carbonyl (C=O) groups excluding carboxylic acids is 4. The molecule has 0 fully saturated rings. The molecule has 11 heteroatoms. The van der Waals surface area contributed by atoms with Crippen LogP contribution in [0.3, 0.4) is 0 Å². The van der Waals surface area contributed by atoms with Crippen LogP contribution in [0.5, 0.6) is 0 Å². The topological polar surface area (TPSA) is 198 Å². The second-order valence-corrected chi connectivity index (χ2v) is 2.49. The van der Waals surface area contributed by atoms with Crippen molar-refractivity contribution in [3.8, 4) is 0 Å². The molecule has 0 aliphatic heterocycles. The van der Waals surface area contributed by atoms with E-state index in [4.69, 9.17) is 49.5 Å². The largest absolute Gasteiger partial charge is 4.00 e. The van der Waals surface area contributed by atoms with E-state index in [1.54, 1.807) is 0 Å². The van der Waals surface area contributed by atoms with Gasteiger partial charge in [0.25, 0.3) is 5.97 Å². The summed E-state index contributed by atoms with van der Waals surface area (Å²) in [6.07, 6.45) is 0. The van der Waals surface area contributed by atoms with Crippen molar-refractivity contribution in [3.05, 3.63) is 0 Å². The van der Waals surface area contributed by atoms with Gasteiger partial charge in [-0.25, -0.2) is 0 Å². The summed E-state index contributed by atoms with van der Waals surface area (Å²) in [5.41, 5.74) is 0. The molecule has 1 N–H and O–H groups in total. The Bertz CT molecular complexity index is 211. The zero-order valence-corrected chi connectivity index (χ0v) is 13.7. The number of hydrogen-bond acceptors (Lipinski definition) is 9. The van der Waals surface area contributed by atoms with Gasteiger partial charge in [-0.15, -0.1) is 0 Å². The Balaban J connectivity index is -0.0000000331. The van der Waals surface area contributed by atoms with Crippen LogP contribution in [0, 0.1) is 0 Å². The van der Waals surface area contributed by atoms with Crippen LogP contribution in [0.2, 0.25) is 0 Å². The molecule has 0 saturated carbocycles. The SMILES string of the molecule is CC(=O)O.CC(=O)[O-].CC(=O)[O-].CC(=O)[O-].CC(=O)[O-].[Ti+4]. The third-order valence-electron chi connectivity index (χ3n) is 0. The Morgan fingerprint density at radius 1 is 0.571 bits per heavy atom. The van der Waals surface area contributed by atoms with E-state index in [0.29, 0.717) is 0 Å². The first-order chi connectivity index (χ1) is 8.66. The van der Waals surface area contributed by atoms with Gasteiger partial charge < -0.3 is 44.7 Å². The van der Waals surface area contributed by atoms with Crippen molar-refractivity contribution in [2.24, 2.45) is 0 Å². The van der Waals surface area contributed by atoms with Gasteiger partial charge in [-0.2, -0.15) is 0 Å². The van der Waals surface area contributed by atoms with Crippen molar-refractivity contribution in [1.29, 1.82) is 0 Å². The molecular formula is C10H16O10Ti. The summed E-state index contributed by atoms with van der Waals surface area (Å²) in [6.45, 7) is 4.97. The van der Waals surface area contributed by atoms with Crippen LogP contribution >= 0.6 is 0 Å². The van der Waals surface area contributed by atoms with E-state index in [2.05, 4.69) is 0 Å². The summed E-state index contributed by atoms with van der Waals surface area (Å²) in [7, 11) is 0. The maximum absolute atomic E-state index is 9.00. The van der Waals surface area contributed by atoms with Gasteiger partial charge in [0.1, 0.15) is 0 Å². The third kappa shape index (κ3) is 1240. The number of aliphatic carboxylic acids is 5. The van der Waals surface area contributed by atoms with E-state index in [0.717, 1.165) is 34.6 Å². The Labute approximate surface area is 136 Å². The minimum atomic E-state index is -1.08. The Morgan fingerprint density at radius 2 is 0.571 bits per heavy atom. The number of carboxylic acid groups (broad SMARTS) is 5. The van der Waals surface area contributed by atoms with Gasteiger partial charge in [-0.1, -0.05) is 0 Å². The van der Waals surface area contributed by atoms with E-state index in [1.165, 1.54) is 0 Å². The van der Waals surface area contributed by atoms with Gasteiger partial charge in [0.15, 0.2) is 0 Å². The molecule has 0 aromatic heterocycles. The molecule has 0 heterocycles. The van der Waals surface area contributed by atoms with Crippen molar-refractivity contribution >= 4 is 29.8 Å². The van der Waals surface area contributed by atoms with E-state index in [1.807, 2.05) is 0 Å². The second-order valence-electron chi connectivity index (χ2n) is 2.49. The molecule has 0 aromatic rings. The minimum absolute atomic E-state index is 0. The van der Waals surface area contributed by atoms with Gasteiger partial charge >= 0.3 is 21.7 Å². The fourth-order valence-electron chi connectivity index (χ4n) is 0. The molecule has 0 aliphatic carbocycles. The molecular weight excluding hydrogens is 328 g/mol. The maximum Gasteiger partial charge on any atom is 4.00 e. The number of carbonyl (C=O) groups is 5. The predicted octanol–water partition coefficient (Wildman–Crippen LogP) is -4.89. The van der Waals surface area contributed by atoms with E-state index < -0.39 is 29.8 Å². The van der Waals surface area contributed by atoms with Crippen molar-refractivity contribution in [3.63, 3.8) is 0 Å². The fourth-order valence-corrected chi connectivity index (χ4v) is 0. The van der Waals surface area contributed by atoms with Crippen molar-refractivity contribution in [2.75, 3.05) is 0 Å². The zero-order valence-electron chi connectivity index (χ0n) is 12.1. The van der Waals surface area contributed by atoms with Gasteiger partial charge in [-0.3, -0.25) is 4.79 Å². The molecule has 120 valence electrons. The zero-order chi connectivity index (χ0) is 17.9. The fraction of sp³-hybridized carbons (Fsp3) is 0.500. The smallest absolute Gasteiger partial charge is 0.550 e. The molecule has 10 nitrogen and oxygen atoms in total. The first kappa shape index (κ1) is 36.4. The molecule has 21 heavy (non-hydrogen) atoms. The molecule has 0 radical (unpaired) electrons. The summed E-state index contributed by atoms with van der Waals surface area (Å²) in [6, 6.07) is 0. The maximum atomic E-state index is 9.00. The van der Waals surface area contributed by atoms with Gasteiger partial charge in [0, 0.05) is 30.8 Å². The van der Waals surface area contributed by atoms with Crippen LogP contribution in [0.15, 0.2) is 0 Å². The molecule has 0 bridgehead atoms. The second kappa shape index (κ2) is 30.8. The average molecular weight is 344 g/mol. The molecule has 0 spiro atoms. The van der Waals surface area contributed by atoms with Crippen molar-refractivity contribution in [1.82, 2.24) is 0 Å². The Morgan fingerprint density at radius 3 is 0.571 bits per heavy atom. The van der Waals surface area contributed by atoms with E-state index in [9.17, 15) is 0 Å². The van der Waals surface area contributed by atoms with Gasteiger partial charge in [0.05, 0.1) is 0 Å². The third-order valence-corrected chi connectivity index (χ3v) is 0. The normalized spacial score (nSPS) is 5.95. The summed E-state index contributed by atoms with van der Waals surface area (Å²) in [5.74, 6) is -5.17. The Kier molecular flexibility index (Phi) is 53.5. The first-order valence-electron chi connectivity index (χ1n) is 4.56. The van der Waals surface area contributed by atoms with Crippen molar-refractivity contribution in [2.45, 2.75) is 34.6 Å². The van der Waals surface area contributed by atoms with E-state index >= 15 is 0 Å². The van der Waals surface area contributed by atoms with Crippen LogP contribution in [0.4, 0.5) is 0 Å². The van der Waals surface area contributed by atoms with Gasteiger partial charge in [-0.05, 0) is 27.7 Å². The predicted molar refractivity (Wildman–Crippen MR) is 56.0 cm³/mol. The molecule has 0 unspecified atom stereocenters. The first-order valence-corrected chi connectivity index (χ1v) is 4.56. The standard InChI is InChI=1S/5C2H4O2.Ti/c5*1-2(3)4;/h5*1H3,(H,3,4);/q;;;;;+4/p-4. The molecule has 0 aromatic carbocycles. The molecule has 0 amide bonds. The molecule has 0 atom stereocenters. The minimum Gasteiger partial charge on any atom is -0.550 e. The molecule has 0 rings (SSSR count). The van der Waals surface area contributed by atoms with Crippen molar-refractivity contribution < 1.29 is 71.2 Å². The average Bonchev–Trinajstić information content (AvgIpc) is 1.94. The summed E-state index contributed by atoms with van der Waals surface area (Å²) < 4.78 is 0. The van der Waals surface area contributed by atoms with Crippen LogP contribution in [0.1, 0.15) is 34.6 Å². The quantitative estimate of drug-likeness (QED) is 0.415.